The second kappa shape index (κ2) is 7.46. The Morgan fingerprint density at radius 1 is 1.29 bits per heavy atom. The Bertz CT molecular complexity index is 419. The average molecular weight is 292 g/mol. The molecule has 1 N–H and O–H groups in total. The van der Waals surface area contributed by atoms with Crippen LogP contribution in [-0.4, -0.2) is 23.5 Å². The number of hydrogen-bond donors (Lipinski definition) is 1. The predicted molar refractivity (Wildman–Crippen MR) is 88.2 cm³/mol. The molecule has 3 nitrogen and oxygen atoms in total. The van der Waals surface area contributed by atoms with Gasteiger partial charge >= 0.3 is 0 Å². The fourth-order valence-electron chi connectivity index (χ4n) is 2.98. The van der Waals surface area contributed by atoms with Gasteiger partial charge in [-0.3, -0.25) is 4.90 Å². The molecule has 0 aliphatic carbocycles. The van der Waals surface area contributed by atoms with Gasteiger partial charge in [0.05, 0.1) is 12.8 Å². The molecule has 1 aromatic heterocycles. The molecule has 3 heteroatoms. The van der Waals surface area contributed by atoms with Crippen LogP contribution in [0.4, 0.5) is 0 Å². The van der Waals surface area contributed by atoms with Gasteiger partial charge in [-0.1, -0.05) is 13.3 Å². The van der Waals surface area contributed by atoms with E-state index in [1.54, 1.807) is 0 Å². The second-order valence-corrected chi connectivity index (χ2v) is 7.51. The minimum absolute atomic E-state index is 0.150. The van der Waals surface area contributed by atoms with Crippen LogP contribution in [0.25, 0.3) is 0 Å². The molecule has 1 atom stereocenters. The summed E-state index contributed by atoms with van der Waals surface area (Å²) in [5.74, 6) is 2.04. The molecule has 0 radical (unpaired) electrons. The van der Waals surface area contributed by atoms with Gasteiger partial charge in [0.15, 0.2) is 0 Å². The van der Waals surface area contributed by atoms with E-state index < -0.39 is 0 Å². The molecule has 1 aromatic rings. The number of rotatable bonds is 5. The molecule has 0 saturated carbocycles. The molecule has 0 spiro atoms. The van der Waals surface area contributed by atoms with Crippen LogP contribution < -0.4 is 5.32 Å². The van der Waals surface area contributed by atoms with E-state index in [0.29, 0.717) is 0 Å². The van der Waals surface area contributed by atoms with E-state index in [0.717, 1.165) is 24.8 Å². The summed E-state index contributed by atoms with van der Waals surface area (Å²) >= 11 is 0. The zero-order chi connectivity index (χ0) is 15.3. The average Bonchev–Trinajstić information content (AvgIpc) is 2.74. The number of furan rings is 1. The Balaban J connectivity index is 1.82. The highest BCUT2D eigenvalue weighted by Gasteiger charge is 2.17. The highest BCUT2D eigenvalue weighted by Crippen LogP contribution is 2.22. The fourth-order valence-corrected chi connectivity index (χ4v) is 2.98. The zero-order valence-corrected chi connectivity index (χ0v) is 14.2. The van der Waals surface area contributed by atoms with Crippen LogP contribution in [0.5, 0.6) is 0 Å². The summed E-state index contributed by atoms with van der Waals surface area (Å²) in [5, 5.41) is 3.50. The van der Waals surface area contributed by atoms with Crippen molar-refractivity contribution in [1.29, 1.82) is 0 Å². The highest BCUT2D eigenvalue weighted by molar-refractivity contribution is 5.13. The zero-order valence-electron chi connectivity index (χ0n) is 14.2. The van der Waals surface area contributed by atoms with Gasteiger partial charge in [-0.05, 0) is 65.1 Å². The molecule has 0 amide bonds. The van der Waals surface area contributed by atoms with Crippen molar-refractivity contribution in [3.63, 3.8) is 0 Å². The van der Waals surface area contributed by atoms with Crippen molar-refractivity contribution in [3.8, 4) is 0 Å². The molecule has 2 heterocycles. The first kappa shape index (κ1) is 16.6. The molecule has 1 saturated heterocycles. The summed E-state index contributed by atoms with van der Waals surface area (Å²) in [7, 11) is 0. The standard InChI is InChI=1S/C18H32N2O/c1-5-15-7-6-9-20(10-8-15)13-17-11-16(14-21-17)12-19-18(2,3)4/h11,14-15,19H,5-10,12-13H2,1-4H3. The molecule has 2 rings (SSSR count). The van der Waals surface area contributed by atoms with E-state index in [1.807, 2.05) is 6.26 Å². The molecular formula is C18H32N2O. The van der Waals surface area contributed by atoms with Gasteiger partial charge in [0.25, 0.3) is 0 Å². The van der Waals surface area contributed by atoms with E-state index in [2.05, 4.69) is 44.0 Å². The van der Waals surface area contributed by atoms with Gasteiger partial charge in [-0.2, -0.15) is 0 Å². The quantitative estimate of drug-likeness (QED) is 0.882. The summed E-state index contributed by atoms with van der Waals surface area (Å²) < 4.78 is 5.74. The third kappa shape index (κ3) is 5.84. The Morgan fingerprint density at radius 2 is 2.10 bits per heavy atom. The van der Waals surface area contributed by atoms with Gasteiger partial charge in [-0.25, -0.2) is 0 Å². The Morgan fingerprint density at radius 3 is 2.81 bits per heavy atom. The van der Waals surface area contributed by atoms with Gasteiger partial charge in [0, 0.05) is 17.6 Å². The van der Waals surface area contributed by atoms with Gasteiger partial charge < -0.3 is 9.73 Å². The van der Waals surface area contributed by atoms with E-state index in [9.17, 15) is 0 Å². The monoisotopic (exact) mass is 292 g/mol. The lowest BCUT2D eigenvalue weighted by Gasteiger charge is -2.19. The first-order valence-electron chi connectivity index (χ1n) is 8.50. The van der Waals surface area contributed by atoms with Crippen molar-refractivity contribution in [2.45, 2.75) is 72.0 Å². The number of likely N-dealkylation sites (tertiary alicyclic amines) is 1. The summed E-state index contributed by atoms with van der Waals surface area (Å²) in [4.78, 5) is 2.55. The van der Waals surface area contributed by atoms with Crippen LogP contribution in [-0.2, 0) is 13.1 Å². The Labute approximate surface area is 130 Å². The van der Waals surface area contributed by atoms with E-state index >= 15 is 0 Å². The lowest BCUT2D eigenvalue weighted by Crippen LogP contribution is -2.34. The topological polar surface area (TPSA) is 28.4 Å². The normalized spacial score (nSPS) is 21.4. The number of nitrogens with one attached hydrogen (secondary N) is 1. The maximum absolute atomic E-state index is 5.74. The predicted octanol–water partition coefficient (Wildman–Crippen LogP) is 4.18. The van der Waals surface area contributed by atoms with Crippen LogP contribution in [0, 0.1) is 5.92 Å². The lowest BCUT2D eigenvalue weighted by atomic mass is 9.98. The maximum Gasteiger partial charge on any atom is 0.118 e. The Hall–Kier alpha value is -0.800. The van der Waals surface area contributed by atoms with E-state index in [4.69, 9.17) is 4.42 Å². The van der Waals surface area contributed by atoms with E-state index in [1.165, 1.54) is 44.3 Å². The molecule has 1 aliphatic heterocycles. The third-order valence-corrected chi connectivity index (χ3v) is 4.43. The maximum atomic E-state index is 5.74. The summed E-state index contributed by atoms with van der Waals surface area (Å²) in [5.41, 5.74) is 1.40. The first-order chi connectivity index (χ1) is 9.96. The summed E-state index contributed by atoms with van der Waals surface area (Å²) in [6.07, 6.45) is 7.30. The minimum atomic E-state index is 0.150. The molecular weight excluding hydrogens is 260 g/mol. The molecule has 120 valence electrons. The number of nitrogens with zero attached hydrogens (tertiary/aromatic N) is 1. The van der Waals surface area contributed by atoms with Crippen molar-refractivity contribution in [2.24, 2.45) is 5.92 Å². The highest BCUT2D eigenvalue weighted by atomic mass is 16.3. The largest absolute Gasteiger partial charge is 0.468 e. The summed E-state index contributed by atoms with van der Waals surface area (Å²) in [6, 6.07) is 2.21. The van der Waals surface area contributed by atoms with E-state index in [-0.39, 0.29) is 5.54 Å². The van der Waals surface area contributed by atoms with Crippen LogP contribution in [0.3, 0.4) is 0 Å². The van der Waals surface area contributed by atoms with Crippen molar-refractivity contribution in [2.75, 3.05) is 13.1 Å². The van der Waals surface area contributed by atoms with Gasteiger partial charge in [-0.15, -0.1) is 0 Å². The third-order valence-electron chi connectivity index (χ3n) is 4.43. The lowest BCUT2D eigenvalue weighted by molar-refractivity contribution is 0.249. The minimum Gasteiger partial charge on any atom is -0.468 e. The van der Waals surface area contributed by atoms with Crippen molar-refractivity contribution < 1.29 is 4.42 Å². The molecule has 1 aliphatic rings. The molecule has 1 fully saturated rings. The van der Waals surface area contributed by atoms with Crippen molar-refractivity contribution in [3.05, 3.63) is 23.7 Å². The van der Waals surface area contributed by atoms with Crippen LogP contribution in [0.15, 0.2) is 16.7 Å². The fraction of sp³-hybridized carbons (Fsp3) is 0.778. The van der Waals surface area contributed by atoms with Gasteiger partial charge in [0.1, 0.15) is 5.76 Å². The van der Waals surface area contributed by atoms with Crippen molar-refractivity contribution in [1.82, 2.24) is 10.2 Å². The molecule has 0 aromatic carbocycles. The second-order valence-electron chi connectivity index (χ2n) is 7.51. The molecule has 21 heavy (non-hydrogen) atoms. The van der Waals surface area contributed by atoms with Gasteiger partial charge in [0.2, 0.25) is 0 Å². The summed E-state index contributed by atoms with van der Waals surface area (Å²) in [6.45, 7) is 13.2. The van der Waals surface area contributed by atoms with Crippen LogP contribution in [0.2, 0.25) is 0 Å². The van der Waals surface area contributed by atoms with Crippen LogP contribution >= 0.6 is 0 Å². The molecule has 1 unspecified atom stereocenters. The smallest absolute Gasteiger partial charge is 0.118 e. The van der Waals surface area contributed by atoms with Crippen molar-refractivity contribution >= 4 is 0 Å². The SMILES string of the molecule is CCC1CCCN(Cc2cc(CNC(C)(C)C)co2)CC1. The molecule has 0 bridgehead atoms. The van der Waals surface area contributed by atoms with Crippen LogP contribution in [0.1, 0.15) is 64.7 Å². The Kier molecular flexibility index (Phi) is 5.88. The first-order valence-corrected chi connectivity index (χ1v) is 8.50. The number of hydrogen-bond acceptors (Lipinski definition) is 3.